The lowest BCUT2D eigenvalue weighted by molar-refractivity contribution is 0.101. The van der Waals surface area contributed by atoms with Crippen LogP contribution in [0.2, 0.25) is 0 Å². The van der Waals surface area contributed by atoms with E-state index < -0.39 is 12.4 Å². The Balaban J connectivity index is 2.44. The smallest absolute Gasteiger partial charge is 0.491 e. The normalized spacial score (nSPS) is 11.5. The molecule has 0 radical (unpaired) electrons. The Kier molecular flexibility index (Phi) is 5.35. The molecule has 0 unspecified atom stereocenters. The molecule has 0 heterocycles. The molecule has 0 bridgehead atoms. The fourth-order valence-electron chi connectivity index (χ4n) is 1.27. The highest BCUT2D eigenvalue weighted by Gasteiger charge is 2.25. The molecule has 6 heteroatoms. The van der Waals surface area contributed by atoms with Crippen molar-refractivity contribution >= 4 is 12.4 Å². The first kappa shape index (κ1) is 13.9. The Labute approximate surface area is 98.8 Å². The summed E-state index contributed by atoms with van der Waals surface area (Å²) in [4.78, 5) is 0. The van der Waals surface area contributed by atoms with E-state index in [1.807, 2.05) is 6.92 Å². The van der Waals surface area contributed by atoms with E-state index in [2.05, 4.69) is 0 Å². The van der Waals surface area contributed by atoms with Crippen LogP contribution in [0.4, 0.5) is 12.9 Å². The zero-order valence-corrected chi connectivity index (χ0v) is 9.67. The zero-order valence-electron chi connectivity index (χ0n) is 9.67. The molecule has 0 atom stereocenters. The quantitative estimate of drug-likeness (QED) is 0.544. The van der Waals surface area contributed by atoms with E-state index in [0.29, 0.717) is 13.2 Å². The van der Waals surface area contributed by atoms with Gasteiger partial charge in [0.25, 0.3) is 0 Å². The van der Waals surface area contributed by atoms with Gasteiger partial charge >= 0.3 is 6.98 Å². The van der Waals surface area contributed by atoms with Gasteiger partial charge in [0.2, 0.25) is 0 Å². The predicted molar refractivity (Wildman–Crippen MR) is 61.8 cm³/mol. The van der Waals surface area contributed by atoms with Crippen molar-refractivity contribution in [1.82, 2.24) is 0 Å². The third-order valence-corrected chi connectivity index (χ3v) is 2.08. The lowest BCUT2D eigenvalue weighted by Crippen LogP contribution is -2.33. The summed E-state index contributed by atoms with van der Waals surface area (Å²) in [6.45, 7) is -1.71. The lowest BCUT2D eigenvalue weighted by Gasteiger charge is -2.16. The first-order valence-corrected chi connectivity index (χ1v) is 5.54. The largest absolute Gasteiger partial charge is 0.509 e. The maximum Gasteiger partial charge on any atom is 0.509 e. The summed E-state index contributed by atoms with van der Waals surface area (Å²) in [5, 5.41) is 0. The van der Waals surface area contributed by atoms with E-state index in [4.69, 9.17) is 9.47 Å². The van der Waals surface area contributed by atoms with Crippen LogP contribution in [0.5, 0.6) is 5.75 Å². The van der Waals surface area contributed by atoms with Crippen molar-refractivity contribution in [2.45, 2.75) is 13.3 Å². The molecular formula is C11H15BF3O2-. The predicted octanol–water partition coefficient (Wildman–Crippen LogP) is 2.55. The fourth-order valence-corrected chi connectivity index (χ4v) is 1.27. The maximum atomic E-state index is 12.4. The van der Waals surface area contributed by atoms with Gasteiger partial charge in [-0.25, -0.2) is 0 Å². The van der Waals surface area contributed by atoms with Crippen LogP contribution in [0.25, 0.3) is 0 Å². The van der Waals surface area contributed by atoms with Gasteiger partial charge in [0.05, 0.1) is 6.61 Å². The number of hydrogen-bond donors (Lipinski definition) is 0. The van der Waals surface area contributed by atoms with E-state index in [1.165, 1.54) is 12.1 Å². The van der Waals surface area contributed by atoms with Gasteiger partial charge in [0.1, 0.15) is 12.4 Å². The van der Waals surface area contributed by atoms with Crippen molar-refractivity contribution in [3.8, 4) is 5.75 Å². The van der Waals surface area contributed by atoms with Crippen LogP contribution in [-0.4, -0.2) is 26.8 Å². The molecule has 0 saturated carbocycles. The first-order valence-electron chi connectivity index (χ1n) is 5.54. The standard InChI is InChI=1S/C11H15BF3O2/c1-2-6-16-7-8-17-11-5-3-4-10(9-11)12(13,14)15/h3-5,9H,2,6-8H2,1H3/q-1. The SMILES string of the molecule is CCCOCCOc1cccc([B-](F)(F)F)c1. The minimum Gasteiger partial charge on any atom is -0.491 e. The van der Waals surface area contributed by atoms with Crippen LogP contribution in [0.1, 0.15) is 13.3 Å². The fraction of sp³-hybridized carbons (Fsp3) is 0.455. The second kappa shape index (κ2) is 6.54. The summed E-state index contributed by atoms with van der Waals surface area (Å²) < 4.78 is 47.6. The first-order chi connectivity index (χ1) is 8.04. The molecule has 0 aliphatic heterocycles. The lowest BCUT2D eigenvalue weighted by atomic mass is 9.80. The molecule has 96 valence electrons. The molecule has 0 amide bonds. The van der Waals surface area contributed by atoms with Crippen LogP contribution in [-0.2, 0) is 4.74 Å². The van der Waals surface area contributed by atoms with E-state index in [0.717, 1.165) is 18.6 Å². The van der Waals surface area contributed by atoms with Crippen LogP contribution < -0.4 is 10.2 Å². The highest BCUT2D eigenvalue weighted by molar-refractivity contribution is 6.73. The van der Waals surface area contributed by atoms with Crippen LogP contribution in [0.15, 0.2) is 24.3 Å². The Morgan fingerprint density at radius 2 is 1.88 bits per heavy atom. The molecule has 1 rings (SSSR count). The van der Waals surface area contributed by atoms with Crippen molar-refractivity contribution in [2.24, 2.45) is 0 Å². The summed E-state index contributed by atoms with van der Waals surface area (Å²) in [5.74, 6) is 0.224. The second-order valence-electron chi connectivity index (χ2n) is 3.61. The molecule has 0 aliphatic rings. The third-order valence-electron chi connectivity index (χ3n) is 2.08. The molecule has 0 aliphatic carbocycles. The number of rotatable bonds is 7. The van der Waals surface area contributed by atoms with Gasteiger partial charge in [-0.15, -0.1) is 5.46 Å². The van der Waals surface area contributed by atoms with Crippen LogP contribution in [0, 0.1) is 0 Å². The minimum absolute atomic E-state index is 0.224. The molecule has 1 aromatic carbocycles. The molecular weight excluding hydrogens is 232 g/mol. The van der Waals surface area contributed by atoms with Crippen molar-refractivity contribution in [3.05, 3.63) is 24.3 Å². The number of ether oxygens (including phenoxy) is 2. The van der Waals surface area contributed by atoms with Gasteiger partial charge < -0.3 is 22.4 Å². The number of benzene rings is 1. The summed E-state index contributed by atoms with van der Waals surface area (Å²) in [5.41, 5.74) is -0.642. The summed E-state index contributed by atoms with van der Waals surface area (Å²) in [6, 6.07) is 4.90. The number of hydrogen-bond acceptors (Lipinski definition) is 2. The van der Waals surface area contributed by atoms with Crippen LogP contribution >= 0.6 is 0 Å². The van der Waals surface area contributed by atoms with Gasteiger partial charge in [-0.1, -0.05) is 19.1 Å². The van der Waals surface area contributed by atoms with Gasteiger partial charge in [0.15, 0.2) is 0 Å². The molecule has 1 aromatic rings. The van der Waals surface area contributed by atoms with E-state index >= 15 is 0 Å². The molecule has 0 spiro atoms. The highest BCUT2D eigenvalue weighted by atomic mass is 19.4. The number of halogens is 3. The van der Waals surface area contributed by atoms with Crippen molar-refractivity contribution in [3.63, 3.8) is 0 Å². The monoisotopic (exact) mass is 247 g/mol. The molecule has 0 N–H and O–H groups in total. The summed E-state index contributed by atoms with van der Waals surface area (Å²) in [7, 11) is 0. The molecule has 0 fully saturated rings. The Bertz CT molecular complexity index is 342. The average Bonchev–Trinajstić information content (AvgIpc) is 2.28. The highest BCUT2D eigenvalue weighted by Crippen LogP contribution is 2.14. The maximum absolute atomic E-state index is 12.4. The van der Waals surface area contributed by atoms with Crippen LogP contribution in [0.3, 0.4) is 0 Å². The average molecular weight is 247 g/mol. The molecule has 17 heavy (non-hydrogen) atoms. The summed E-state index contributed by atoms with van der Waals surface area (Å²) >= 11 is 0. The van der Waals surface area contributed by atoms with E-state index in [-0.39, 0.29) is 12.4 Å². The van der Waals surface area contributed by atoms with Gasteiger partial charge in [-0.3, -0.25) is 0 Å². The van der Waals surface area contributed by atoms with Crippen molar-refractivity contribution in [1.29, 1.82) is 0 Å². The molecule has 0 aromatic heterocycles. The van der Waals surface area contributed by atoms with Crippen molar-refractivity contribution in [2.75, 3.05) is 19.8 Å². The Morgan fingerprint density at radius 3 is 2.53 bits per heavy atom. The third kappa shape index (κ3) is 5.13. The van der Waals surface area contributed by atoms with Gasteiger partial charge in [-0.05, 0) is 18.6 Å². The molecule has 0 saturated heterocycles. The topological polar surface area (TPSA) is 18.5 Å². The molecule has 2 nitrogen and oxygen atoms in total. The van der Waals surface area contributed by atoms with Crippen molar-refractivity contribution < 1.29 is 22.4 Å². The summed E-state index contributed by atoms with van der Waals surface area (Å²) in [6.07, 6.45) is 0.909. The Morgan fingerprint density at radius 1 is 1.12 bits per heavy atom. The van der Waals surface area contributed by atoms with Gasteiger partial charge in [-0.2, -0.15) is 0 Å². The zero-order chi connectivity index (χ0) is 12.7. The Hall–Kier alpha value is -1.17. The van der Waals surface area contributed by atoms with E-state index in [9.17, 15) is 12.9 Å². The van der Waals surface area contributed by atoms with Gasteiger partial charge in [0, 0.05) is 6.61 Å². The minimum atomic E-state index is -4.97. The second-order valence-corrected chi connectivity index (χ2v) is 3.61. The van der Waals surface area contributed by atoms with E-state index in [1.54, 1.807) is 0 Å².